The topological polar surface area (TPSA) is 58.6 Å². The number of nitrogens with one attached hydrogen (secondary N) is 1. The summed E-state index contributed by atoms with van der Waals surface area (Å²) in [6.07, 6.45) is 1.87. The summed E-state index contributed by atoms with van der Waals surface area (Å²) in [5.74, 6) is -0.737. The van der Waals surface area contributed by atoms with Crippen molar-refractivity contribution >= 4 is 23.4 Å². The van der Waals surface area contributed by atoms with Crippen molar-refractivity contribution < 1.29 is 18.7 Å². The minimum absolute atomic E-state index is 0.101. The maximum absolute atomic E-state index is 13.5. The third-order valence-corrected chi connectivity index (χ3v) is 5.46. The summed E-state index contributed by atoms with van der Waals surface area (Å²) in [6, 6.07) is 21.3. The van der Waals surface area contributed by atoms with Crippen molar-refractivity contribution in [2.75, 3.05) is 13.2 Å². The average molecular weight is 481 g/mol. The van der Waals surface area contributed by atoms with Gasteiger partial charge in [-0.15, -0.1) is 6.58 Å². The van der Waals surface area contributed by atoms with E-state index >= 15 is 0 Å². The van der Waals surface area contributed by atoms with Gasteiger partial charge in [0.2, 0.25) is 5.91 Å². The molecule has 0 aliphatic heterocycles. The van der Waals surface area contributed by atoms with Crippen LogP contribution in [-0.4, -0.2) is 35.9 Å². The van der Waals surface area contributed by atoms with Gasteiger partial charge in [-0.1, -0.05) is 72.3 Å². The Morgan fingerprint density at radius 3 is 2.35 bits per heavy atom. The highest BCUT2D eigenvalue weighted by atomic mass is 35.5. The van der Waals surface area contributed by atoms with E-state index in [0.29, 0.717) is 22.8 Å². The van der Waals surface area contributed by atoms with Gasteiger partial charge in [-0.2, -0.15) is 0 Å². The second-order valence-electron chi connectivity index (χ2n) is 7.61. The zero-order chi connectivity index (χ0) is 24.3. The van der Waals surface area contributed by atoms with E-state index in [2.05, 4.69) is 11.9 Å². The van der Waals surface area contributed by atoms with E-state index < -0.39 is 11.9 Å². The zero-order valence-corrected chi connectivity index (χ0v) is 19.4. The molecule has 7 heteroatoms. The lowest BCUT2D eigenvalue weighted by Crippen LogP contribution is -2.51. The van der Waals surface area contributed by atoms with Crippen LogP contribution in [0.5, 0.6) is 5.75 Å². The summed E-state index contributed by atoms with van der Waals surface area (Å²) in [6.45, 7) is 3.69. The van der Waals surface area contributed by atoms with E-state index in [1.807, 2.05) is 30.3 Å². The lowest BCUT2D eigenvalue weighted by molar-refractivity contribution is -0.142. The van der Waals surface area contributed by atoms with Gasteiger partial charge in [0.05, 0.1) is 5.02 Å². The van der Waals surface area contributed by atoms with Gasteiger partial charge in [-0.3, -0.25) is 9.59 Å². The first-order valence-electron chi connectivity index (χ1n) is 10.8. The van der Waals surface area contributed by atoms with Gasteiger partial charge in [0.25, 0.3) is 5.91 Å². The summed E-state index contributed by atoms with van der Waals surface area (Å²) >= 11 is 6.15. The molecule has 1 N–H and O–H groups in total. The SMILES string of the molecule is C=CCNC(=O)[C@H](Cc1ccccc1)N(Cc1ccc(F)cc1)C(=O)COc1ccccc1Cl. The molecule has 3 aromatic carbocycles. The second kappa shape index (κ2) is 12.6. The predicted molar refractivity (Wildman–Crippen MR) is 131 cm³/mol. The summed E-state index contributed by atoms with van der Waals surface area (Å²) in [5.41, 5.74) is 1.58. The highest BCUT2D eigenvalue weighted by molar-refractivity contribution is 6.32. The number of hydrogen-bond acceptors (Lipinski definition) is 3. The molecule has 0 radical (unpaired) electrons. The van der Waals surface area contributed by atoms with Gasteiger partial charge in [0, 0.05) is 19.5 Å². The van der Waals surface area contributed by atoms with E-state index in [1.54, 1.807) is 42.5 Å². The highest BCUT2D eigenvalue weighted by Crippen LogP contribution is 2.23. The number of hydrogen-bond donors (Lipinski definition) is 1. The quantitative estimate of drug-likeness (QED) is 0.401. The van der Waals surface area contributed by atoms with Gasteiger partial charge in [0.1, 0.15) is 17.6 Å². The molecule has 5 nitrogen and oxygen atoms in total. The number of amides is 2. The molecule has 3 aromatic rings. The Labute approximate surface area is 203 Å². The molecule has 0 saturated carbocycles. The molecule has 0 aliphatic rings. The maximum atomic E-state index is 13.5. The lowest BCUT2D eigenvalue weighted by Gasteiger charge is -2.31. The van der Waals surface area contributed by atoms with Crippen molar-refractivity contribution in [3.05, 3.63) is 113 Å². The number of benzene rings is 3. The van der Waals surface area contributed by atoms with Crippen molar-refractivity contribution in [1.29, 1.82) is 0 Å². The van der Waals surface area contributed by atoms with E-state index in [1.165, 1.54) is 17.0 Å². The molecule has 0 aromatic heterocycles. The number of ether oxygens (including phenoxy) is 1. The first-order valence-corrected chi connectivity index (χ1v) is 11.2. The Kier molecular flexibility index (Phi) is 9.23. The van der Waals surface area contributed by atoms with Crippen molar-refractivity contribution in [1.82, 2.24) is 10.2 Å². The van der Waals surface area contributed by atoms with Crippen LogP contribution in [0.4, 0.5) is 4.39 Å². The Morgan fingerprint density at radius 2 is 1.68 bits per heavy atom. The standard InChI is InChI=1S/C27H26ClFN2O3/c1-2-16-30-27(33)24(17-20-8-4-3-5-9-20)31(18-21-12-14-22(29)15-13-21)26(32)19-34-25-11-7-6-10-23(25)28/h2-15,24H,1,16-19H2,(H,30,33)/t24-/m0/s1. The smallest absolute Gasteiger partial charge is 0.261 e. The van der Waals surface area contributed by atoms with Crippen LogP contribution in [0, 0.1) is 5.82 Å². The number of halogens is 2. The van der Waals surface area contributed by atoms with Crippen molar-refractivity contribution in [3.63, 3.8) is 0 Å². The number of carbonyl (C=O) groups excluding carboxylic acids is 2. The van der Waals surface area contributed by atoms with E-state index in [-0.39, 0.29) is 31.4 Å². The van der Waals surface area contributed by atoms with Crippen molar-refractivity contribution in [2.45, 2.75) is 19.0 Å². The van der Waals surface area contributed by atoms with Gasteiger partial charge >= 0.3 is 0 Å². The number of carbonyl (C=O) groups is 2. The molecule has 0 spiro atoms. The van der Waals surface area contributed by atoms with Crippen molar-refractivity contribution in [2.24, 2.45) is 0 Å². The second-order valence-corrected chi connectivity index (χ2v) is 8.01. The lowest BCUT2D eigenvalue weighted by atomic mass is 10.0. The van der Waals surface area contributed by atoms with Crippen LogP contribution in [-0.2, 0) is 22.6 Å². The number of rotatable bonds is 11. The Bertz CT molecular complexity index is 1110. The third-order valence-electron chi connectivity index (χ3n) is 5.15. The molecule has 0 unspecified atom stereocenters. The number of para-hydroxylation sites is 1. The average Bonchev–Trinajstić information content (AvgIpc) is 2.85. The Balaban J connectivity index is 1.90. The predicted octanol–water partition coefficient (Wildman–Crippen LogP) is 4.80. The highest BCUT2D eigenvalue weighted by Gasteiger charge is 2.30. The molecular formula is C27H26ClFN2O3. The summed E-state index contributed by atoms with van der Waals surface area (Å²) in [5, 5.41) is 3.17. The van der Waals surface area contributed by atoms with Crippen LogP contribution in [0.2, 0.25) is 5.02 Å². The Morgan fingerprint density at radius 1 is 1.00 bits per heavy atom. The molecule has 2 amide bonds. The summed E-state index contributed by atoms with van der Waals surface area (Å²) in [7, 11) is 0. The molecule has 1 atom stereocenters. The normalized spacial score (nSPS) is 11.4. The Hall–Kier alpha value is -3.64. The third kappa shape index (κ3) is 7.18. The molecule has 0 aliphatic carbocycles. The minimum Gasteiger partial charge on any atom is -0.482 e. The maximum Gasteiger partial charge on any atom is 0.261 e. The monoisotopic (exact) mass is 480 g/mol. The van der Waals surface area contributed by atoms with Crippen LogP contribution < -0.4 is 10.1 Å². The minimum atomic E-state index is -0.824. The number of nitrogens with zero attached hydrogens (tertiary/aromatic N) is 1. The van der Waals surface area contributed by atoms with Gasteiger partial charge in [-0.05, 0) is 35.4 Å². The van der Waals surface area contributed by atoms with Crippen LogP contribution in [0.3, 0.4) is 0 Å². The first kappa shape index (κ1) is 25.0. The van der Waals surface area contributed by atoms with Crippen LogP contribution in [0.25, 0.3) is 0 Å². The van der Waals surface area contributed by atoms with Gasteiger partial charge in [0.15, 0.2) is 6.61 Å². The molecule has 0 saturated heterocycles. The fourth-order valence-electron chi connectivity index (χ4n) is 3.42. The van der Waals surface area contributed by atoms with E-state index in [4.69, 9.17) is 16.3 Å². The van der Waals surface area contributed by atoms with Crippen molar-refractivity contribution in [3.8, 4) is 5.75 Å². The molecule has 0 fully saturated rings. The van der Waals surface area contributed by atoms with Gasteiger partial charge < -0.3 is 15.0 Å². The van der Waals surface area contributed by atoms with Gasteiger partial charge in [-0.25, -0.2) is 4.39 Å². The van der Waals surface area contributed by atoms with E-state index in [9.17, 15) is 14.0 Å². The molecule has 0 heterocycles. The van der Waals surface area contributed by atoms with E-state index in [0.717, 1.165) is 5.56 Å². The van der Waals surface area contributed by atoms with Crippen LogP contribution in [0.1, 0.15) is 11.1 Å². The molecule has 0 bridgehead atoms. The zero-order valence-electron chi connectivity index (χ0n) is 18.6. The largest absolute Gasteiger partial charge is 0.482 e. The van der Waals surface area contributed by atoms with Crippen LogP contribution in [0.15, 0.2) is 91.5 Å². The molecule has 176 valence electrons. The fourth-order valence-corrected chi connectivity index (χ4v) is 3.61. The molecule has 3 rings (SSSR count). The summed E-state index contributed by atoms with van der Waals surface area (Å²) in [4.78, 5) is 28.0. The molecular weight excluding hydrogens is 455 g/mol. The molecule has 34 heavy (non-hydrogen) atoms. The summed E-state index contributed by atoms with van der Waals surface area (Å²) < 4.78 is 19.1. The first-order chi connectivity index (χ1) is 16.5. The van der Waals surface area contributed by atoms with Crippen LogP contribution >= 0.6 is 11.6 Å². The fraction of sp³-hybridized carbons (Fsp3) is 0.185.